The summed E-state index contributed by atoms with van der Waals surface area (Å²) in [6.45, 7) is 0. The molecule has 0 amide bonds. The van der Waals surface area contributed by atoms with E-state index in [2.05, 4.69) is 0 Å². The van der Waals surface area contributed by atoms with Crippen LogP contribution in [0.3, 0.4) is 0 Å². The van der Waals surface area contributed by atoms with Gasteiger partial charge in [-0.25, -0.2) is 4.79 Å². The first-order valence-corrected chi connectivity index (χ1v) is 10.4. The maximum absolute atomic E-state index is 12.4. The molecule has 34 heavy (non-hydrogen) atoms. The maximum Gasteiger partial charge on any atom is 0.336 e. The van der Waals surface area contributed by atoms with E-state index in [9.17, 15) is 14.9 Å². The van der Waals surface area contributed by atoms with Crippen LogP contribution in [0.25, 0.3) is 28.0 Å². The third-order valence-corrected chi connectivity index (χ3v) is 5.28. The Labute approximate surface area is 196 Å². The fourth-order valence-corrected chi connectivity index (χ4v) is 3.63. The Hall–Kier alpha value is -4.65. The summed E-state index contributed by atoms with van der Waals surface area (Å²) in [5.74, 6) is 1.05. The number of hydrogen-bond donors (Lipinski definition) is 0. The third-order valence-electron chi connectivity index (χ3n) is 5.28. The molecule has 0 spiro atoms. The van der Waals surface area contributed by atoms with E-state index in [1.807, 2.05) is 54.6 Å². The molecule has 4 rings (SSSR count). The van der Waals surface area contributed by atoms with Crippen molar-refractivity contribution in [1.82, 2.24) is 0 Å². The maximum atomic E-state index is 12.4. The van der Waals surface area contributed by atoms with E-state index in [0.717, 1.165) is 33.2 Å². The summed E-state index contributed by atoms with van der Waals surface area (Å²) in [6.07, 6.45) is 3.01. The lowest BCUT2D eigenvalue weighted by molar-refractivity contribution is -0.384. The van der Waals surface area contributed by atoms with Crippen LogP contribution < -0.4 is 14.2 Å². The van der Waals surface area contributed by atoms with Crippen LogP contribution in [0.1, 0.15) is 5.56 Å². The van der Waals surface area contributed by atoms with E-state index >= 15 is 0 Å². The van der Waals surface area contributed by atoms with Crippen LogP contribution >= 0.6 is 0 Å². The summed E-state index contributed by atoms with van der Waals surface area (Å²) in [5, 5.41) is 12.8. The minimum absolute atomic E-state index is 0.0788. The Morgan fingerprint density at radius 2 is 1.53 bits per heavy atom. The number of carbonyl (C=O) groups is 1. The number of carbonyl (C=O) groups excluding carboxylic acids is 1. The summed E-state index contributed by atoms with van der Waals surface area (Å²) in [4.78, 5) is 22.7. The van der Waals surface area contributed by atoms with Crippen LogP contribution in [0.2, 0.25) is 0 Å². The number of benzene rings is 4. The number of nitrogens with zero attached hydrogens (tertiary/aromatic N) is 1. The van der Waals surface area contributed by atoms with Gasteiger partial charge in [-0.05, 0) is 69.9 Å². The van der Waals surface area contributed by atoms with E-state index in [4.69, 9.17) is 14.2 Å². The van der Waals surface area contributed by atoms with Crippen molar-refractivity contribution in [2.24, 2.45) is 0 Å². The van der Waals surface area contributed by atoms with Crippen LogP contribution in [0.4, 0.5) is 5.69 Å². The van der Waals surface area contributed by atoms with Crippen molar-refractivity contribution in [2.75, 3.05) is 14.2 Å². The number of nitro groups is 1. The van der Waals surface area contributed by atoms with Crippen molar-refractivity contribution in [3.05, 3.63) is 101 Å². The topological polar surface area (TPSA) is 87.9 Å². The molecule has 0 saturated heterocycles. The molecule has 0 aliphatic carbocycles. The number of ether oxygens (including phenoxy) is 3. The lowest BCUT2D eigenvalue weighted by Gasteiger charge is -2.13. The summed E-state index contributed by atoms with van der Waals surface area (Å²) in [6, 6.07) is 22.7. The van der Waals surface area contributed by atoms with Crippen LogP contribution in [-0.4, -0.2) is 25.1 Å². The first kappa shape index (κ1) is 22.5. The molecule has 0 bridgehead atoms. The first-order chi connectivity index (χ1) is 16.5. The number of hydrogen-bond acceptors (Lipinski definition) is 6. The predicted octanol–water partition coefficient (Wildman–Crippen LogP) is 6.05. The van der Waals surface area contributed by atoms with Crippen LogP contribution in [0.15, 0.2) is 84.9 Å². The zero-order chi connectivity index (χ0) is 24.1. The summed E-state index contributed by atoms with van der Waals surface area (Å²) >= 11 is 0. The Bertz CT molecular complexity index is 1390. The minimum atomic E-state index is -0.601. The van der Waals surface area contributed by atoms with Gasteiger partial charge in [0.15, 0.2) is 0 Å². The zero-order valence-electron chi connectivity index (χ0n) is 18.6. The average Bonchev–Trinajstić information content (AvgIpc) is 2.87. The Kier molecular flexibility index (Phi) is 6.54. The highest BCUT2D eigenvalue weighted by atomic mass is 16.6. The normalized spacial score (nSPS) is 10.9. The smallest absolute Gasteiger partial charge is 0.336 e. The molecule has 0 aliphatic heterocycles. The van der Waals surface area contributed by atoms with Gasteiger partial charge in [0.2, 0.25) is 0 Å². The number of esters is 1. The number of nitro benzene ring substituents is 1. The van der Waals surface area contributed by atoms with Gasteiger partial charge in [0.05, 0.1) is 19.1 Å². The summed E-state index contributed by atoms with van der Waals surface area (Å²) in [7, 11) is 3.23. The van der Waals surface area contributed by atoms with E-state index in [0.29, 0.717) is 5.75 Å². The van der Waals surface area contributed by atoms with Gasteiger partial charge in [-0.1, -0.05) is 30.3 Å². The summed E-state index contributed by atoms with van der Waals surface area (Å²) < 4.78 is 16.1. The molecule has 0 fully saturated rings. The lowest BCUT2D eigenvalue weighted by atomic mass is 9.92. The predicted molar refractivity (Wildman–Crippen MR) is 130 cm³/mol. The van der Waals surface area contributed by atoms with Gasteiger partial charge in [-0.2, -0.15) is 0 Å². The van der Waals surface area contributed by atoms with E-state index < -0.39 is 10.9 Å². The molecule has 0 aromatic heterocycles. The highest BCUT2D eigenvalue weighted by Crippen LogP contribution is 2.36. The minimum Gasteiger partial charge on any atom is -0.497 e. The largest absolute Gasteiger partial charge is 0.497 e. The molecule has 0 aliphatic rings. The van der Waals surface area contributed by atoms with Crippen molar-refractivity contribution in [3.63, 3.8) is 0 Å². The molecule has 7 nitrogen and oxygen atoms in total. The highest BCUT2D eigenvalue weighted by Gasteiger charge is 2.12. The number of rotatable bonds is 7. The monoisotopic (exact) mass is 455 g/mol. The number of non-ortho nitro benzene ring substituents is 1. The fourth-order valence-electron chi connectivity index (χ4n) is 3.63. The Balaban J connectivity index is 1.71. The molecule has 0 saturated carbocycles. The second-order valence-corrected chi connectivity index (χ2v) is 7.35. The van der Waals surface area contributed by atoms with Gasteiger partial charge in [-0.15, -0.1) is 0 Å². The van der Waals surface area contributed by atoms with Gasteiger partial charge in [0, 0.05) is 18.2 Å². The fraction of sp³-hybridized carbons (Fsp3) is 0.0741. The van der Waals surface area contributed by atoms with Gasteiger partial charge < -0.3 is 14.2 Å². The SMILES string of the molecule is COc1cccc(-c2c(C=CC(=O)Oc3ccc([N+](=O)[O-])cc3)ccc3ccc(OC)cc23)c1. The highest BCUT2D eigenvalue weighted by molar-refractivity contribution is 6.02. The molecule has 0 N–H and O–H groups in total. The molecule has 7 heteroatoms. The molecule has 4 aromatic rings. The summed E-state index contributed by atoms with van der Waals surface area (Å²) in [5.41, 5.74) is 2.55. The molecule has 0 radical (unpaired) electrons. The van der Waals surface area contributed by atoms with Crippen molar-refractivity contribution >= 4 is 28.5 Å². The zero-order valence-corrected chi connectivity index (χ0v) is 18.6. The van der Waals surface area contributed by atoms with Gasteiger partial charge in [0.1, 0.15) is 17.2 Å². The lowest BCUT2D eigenvalue weighted by Crippen LogP contribution is -2.03. The van der Waals surface area contributed by atoms with Crippen molar-refractivity contribution in [2.45, 2.75) is 0 Å². The second kappa shape index (κ2) is 9.87. The Morgan fingerprint density at radius 1 is 0.853 bits per heavy atom. The van der Waals surface area contributed by atoms with Gasteiger partial charge in [-0.3, -0.25) is 10.1 Å². The molecule has 0 unspecified atom stereocenters. The molecule has 0 atom stereocenters. The second-order valence-electron chi connectivity index (χ2n) is 7.35. The van der Waals surface area contributed by atoms with Crippen molar-refractivity contribution in [1.29, 1.82) is 0 Å². The first-order valence-electron chi connectivity index (χ1n) is 10.4. The van der Waals surface area contributed by atoms with Gasteiger partial charge >= 0.3 is 5.97 Å². The van der Waals surface area contributed by atoms with Crippen LogP contribution in [-0.2, 0) is 4.79 Å². The Morgan fingerprint density at radius 3 is 2.24 bits per heavy atom. The molecular formula is C27H21NO6. The van der Waals surface area contributed by atoms with Crippen LogP contribution in [0.5, 0.6) is 17.2 Å². The van der Waals surface area contributed by atoms with Crippen LogP contribution in [0, 0.1) is 10.1 Å². The van der Waals surface area contributed by atoms with E-state index in [1.165, 1.54) is 30.3 Å². The average molecular weight is 455 g/mol. The number of fused-ring (bicyclic) bond motifs is 1. The van der Waals surface area contributed by atoms with Crippen molar-refractivity contribution < 1.29 is 23.9 Å². The van der Waals surface area contributed by atoms with E-state index in [-0.39, 0.29) is 11.4 Å². The van der Waals surface area contributed by atoms with E-state index in [1.54, 1.807) is 20.3 Å². The number of methoxy groups -OCH3 is 2. The molecular weight excluding hydrogens is 434 g/mol. The quantitative estimate of drug-likeness (QED) is 0.111. The standard InChI is InChI=1S/C27H21NO6/c1-32-23-5-3-4-20(16-23)27-19(7-6-18-8-12-24(33-2)17-25(18)27)9-15-26(29)34-22-13-10-21(11-14-22)28(30)31/h3-17H,1-2H3. The molecule has 170 valence electrons. The molecule has 4 aromatic carbocycles. The molecule has 0 heterocycles. The van der Waals surface area contributed by atoms with Crippen molar-refractivity contribution in [3.8, 4) is 28.4 Å². The third kappa shape index (κ3) is 4.88. The van der Waals surface area contributed by atoms with Gasteiger partial charge in [0.25, 0.3) is 5.69 Å².